The van der Waals surface area contributed by atoms with E-state index >= 15 is 0 Å². The molecule has 2 saturated carbocycles. The van der Waals surface area contributed by atoms with Crippen molar-refractivity contribution in [3.63, 3.8) is 0 Å². The minimum absolute atomic E-state index is 0.143. The zero-order valence-corrected chi connectivity index (χ0v) is 23.8. The molecule has 1 heterocycles. The monoisotopic (exact) mass is 546 g/mol. The van der Waals surface area contributed by atoms with Crippen LogP contribution in [0, 0.1) is 28.6 Å². The predicted molar refractivity (Wildman–Crippen MR) is 141 cm³/mol. The Kier molecular flexibility index (Phi) is 6.37. The van der Waals surface area contributed by atoms with Crippen molar-refractivity contribution in [3.8, 4) is 0 Å². The third-order valence-corrected chi connectivity index (χ3v) is 12.0. The van der Waals surface area contributed by atoms with E-state index in [1.165, 1.54) is 6.92 Å². The molecule has 5 aliphatic rings. The molecule has 0 aromatic rings. The number of aliphatic hydroxyl groups excluding tert-OH is 1. The summed E-state index contributed by atoms with van der Waals surface area (Å²) in [7, 11) is 0. The van der Waals surface area contributed by atoms with E-state index in [1.807, 2.05) is 33.8 Å². The van der Waals surface area contributed by atoms with Gasteiger partial charge in [-0.05, 0) is 63.5 Å². The summed E-state index contributed by atoms with van der Waals surface area (Å²) in [5.41, 5.74) is -1.02. The number of cyclic esters (lactones) is 1. The highest BCUT2D eigenvalue weighted by atomic mass is 35.5. The molecular formula is C30H39ClO7. The van der Waals surface area contributed by atoms with Crippen LogP contribution in [0.1, 0.15) is 73.6 Å². The van der Waals surface area contributed by atoms with Crippen molar-refractivity contribution in [3.05, 3.63) is 34.9 Å². The fourth-order valence-corrected chi connectivity index (χ4v) is 9.04. The predicted octanol–water partition coefficient (Wildman–Crippen LogP) is 4.19. The summed E-state index contributed by atoms with van der Waals surface area (Å²) in [6, 6.07) is 0. The molecule has 1 aliphatic heterocycles. The van der Waals surface area contributed by atoms with Crippen LogP contribution in [0.2, 0.25) is 0 Å². The number of ether oxygens (including phenoxy) is 2. The molecule has 0 saturated heterocycles. The quantitative estimate of drug-likeness (QED) is 0.310. The second-order valence-electron chi connectivity index (χ2n) is 12.7. The largest absolute Gasteiger partial charge is 0.458 e. The lowest BCUT2D eigenvalue weighted by atomic mass is 9.42. The van der Waals surface area contributed by atoms with Crippen molar-refractivity contribution in [2.24, 2.45) is 28.6 Å². The van der Waals surface area contributed by atoms with E-state index in [0.717, 1.165) is 11.1 Å². The lowest BCUT2D eigenvalue weighted by molar-refractivity contribution is -0.235. The molecule has 2 N–H and O–H groups in total. The van der Waals surface area contributed by atoms with Crippen molar-refractivity contribution < 1.29 is 34.1 Å². The van der Waals surface area contributed by atoms with E-state index < -0.39 is 51.5 Å². The van der Waals surface area contributed by atoms with Gasteiger partial charge >= 0.3 is 11.9 Å². The van der Waals surface area contributed by atoms with Gasteiger partial charge in [0, 0.05) is 30.3 Å². The summed E-state index contributed by atoms with van der Waals surface area (Å²) in [6.45, 7) is 10.8. The van der Waals surface area contributed by atoms with Crippen LogP contribution in [0.4, 0.5) is 0 Å². The Hall–Kier alpha value is -1.96. The average molecular weight is 547 g/mol. The van der Waals surface area contributed by atoms with Gasteiger partial charge in [-0.25, -0.2) is 4.79 Å². The van der Waals surface area contributed by atoms with Crippen molar-refractivity contribution in [1.29, 1.82) is 0 Å². The first-order valence-corrected chi connectivity index (χ1v) is 14.1. The zero-order chi connectivity index (χ0) is 28.0. The van der Waals surface area contributed by atoms with Gasteiger partial charge in [-0.2, -0.15) is 0 Å². The van der Waals surface area contributed by atoms with Crippen molar-refractivity contribution in [2.45, 2.75) is 102 Å². The van der Waals surface area contributed by atoms with E-state index in [2.05, 4.69) is 0 Å². The summed E-state index contributed by atoms with van der Waals surface area (Å²) >= 11 is 7.09. The molecule has 5 rings (SSSR count). The minimum Gasteiger partial charge on any atom is -0.458 e. The molecule has 4 aliphatic carbocycles. The van der Waals surface area contributed by atoms with E-state index in [0.29, 0.717) is 31.3 Å². The smallest absolute Gasteiger partial charge is 0.333 e. The molecule has 2 fully saturated rings. The summed E-state index contributed by atoms with van der Waals surface area (Å²) in [5.74, 6) is -2.12. The van der Waals surface area contributed by atoms with Crippen LogP contribution in [0.25, 0.3) is 0 Å². The number of ketones is 1. The highest BCUT2D eigenvalue weighted by Crippen LogP contribution is 2.70. The van der Waals surface area contributed by atoms with E-state index in [4.69, 9.17) is 21.1 Å². The van der Waals surface area contributed by atoms with Gasteiger partial charge in [0.05, 0.1) is 16.4 Å². The fraction of sp³-hybridized carbons (Fsp3) is 0.700. The number of aliphatic hydroxyl groups is 2. The molecule has 7 nitrogen and oxygen atoms in total. The van der Waals surface area contributed by atoms with Gasteiger partial charge in [-0.15, -0.1) is 11.6 Å². The van der Waals surface area contributed by atoms with Crippen LogP contribution >= 0.6 is 11.6 Å². The summed E-state index contributed by atoms with van der Waals surface area (Å²) in [5, 5.41) is 24.2. The topological polar surface area (TPSA) is 110 Å². The van der Waals surface area contributed by atoms with Crippen LogP contribution in [0.5, 0.6) is 0 Å². The SMILES string of the molecule is CC(=O)O[C@H]1C=C([C@H](C)[C@H]2CC(C)=C(C)C(=O)O2)[C@@]2(C)CC[C@H]3C(C[C@@H](O)[C@@]4(Cl)CC=CC(=O)[C@]34C)[C@]12O. The molecule has 38 heavy (non-hydrogen) atoms. The molecule has 10 atom stereocenters. The number of fused-ring (bicyclic) bond motifs is 5. The van der Waals surface area contributed by atoms with Crippen LogP contribution in [-0.4, -0.2) is 56.7 Å². The fourth-order valence-electron chi connectivity index (χ4n) is 8.63. The molecule has 0 amide bonds. The maximum atomic E-state index is 13.4. The Morgan fingerprint density at radius 3 is 2.55 bits per heavy atom. The first kappa shape index (κ1) is 27.6. The van der Waals surface area contributed by atoms with E-state index in [1.54, 1.807) is 19.1 Å². The number of halogens is 1. The number of alkyl halides is 1. The molecular weight excluding hydrogens is 508 g/mol. The second-order valence-corrected chi connectivity index (χ2v) is 13.4. The summed E-state index contributed by atoms with van der Waals surface area (Å²) in [4.78, 5) is 37.1. The number of hydrogen-bond acceptors (Lipinski definition) is 7. The first-order chi connectivity index (χ1) is 17.6. The van der Waals surface area contributed by atoms with Gasteiger partial charge < -0.3 is 19.7 Å². The van der Waals surface area contributed by atoms with Crippen LogP contribution in [0.3, 0.4) is 0 Å². The number of allylic oxidation sites excluding steroid dienone is 2. The van der Waals surface area contributed by atoms with Crippen molar-refractivity contribution in [1.82, 2.24) is 0 Å². The molecule has 0 aromatic heterocycles. The van der Waals surface area contributed by atoms with E-state index in [-0.39, 0.29) is 30.0 Å². The number of rotatable bonds is 3. The van der Waals surface area contributed by atoms with E-state index in [9.17, 15) is 24.6 Å². The molecule has 0 radical (unpaired) electrons. The van der Waals surface area contributed by atoms with Crippen molar-refractivity contribution in [2.75, 3.05) is 0 Å². The van der Waals surface area contributed by atoms with Crippen LogP contribution in [-0.2, 0) is 23.9 Å². The maximum absolute atomic E-state index is 13.4. The maximum Gasteiger partial charge on any atom is 0.333 e. The number of carbonyl (C=O) groups is 3. The highest BCUT2D eigenvalue weighted by molar-refractivity contribution is 6.28. The highest BCUT2D eigenvalue weighted by Gasteiger charge is 2.74. The zero-order valence-electron chi connectivity index (χ0n) is 23.0. The lowest BCUT2D eigenvalue weighted by Gasteiger charge is -2.65. The van der Waals surface area contributed by atoms with Gasteiger partial charge in [-0.3, -0.25) is 9.59 Å². The summed E-state index contributed by atoms with van der Waals surface area (Å²) < 4.78 is 11.6. The van der Waals surface area contributed by atoms with Crippen molar-refractivity contribution >= 4 is 29.3 Å². The standard InChI is InChI=1S/C30H39ClO7/c1-15-12-22(38-26(35)16(15)2)17(3)20-14-25(37-18(4)32)30(36)21-13-24(34)29(31)10-7-8-23(33)28(29,6)19(21)9-11-27(20,30)5/h7-8,14,17,19,21-22,24-25,34,36H,9-13H2,1-6H3/t17-,19-,21?,22+,24+,25-,27+,28-,29-,30-/m0/s1. The Balaban J connectivity index is 1.59. The second kappa shape index (κ2) is 8.77. The van der Waals surface area contributed by atoms with Gasteiger partial charge in [0.15, 0.2) is 5.78 Å². The first-order valence-electron chi connectivity index (χ1n) is 13.7. The van der Waals surface area contributed by atoms with Gasteiger partial charge in [0.25, 0.3) is 0 Å². The van der Waals surface area contributed by atoms with Gasteiger partial charge in [-0.1, -0.05) is 38.0 Å². The molecule has 8 heteroatoms. The molecule has 0 bridgehead atoms. The average Bonchev–Trinajstić information content (AvgIpc) is 3.07. The summed E-state index contributed by atoms with van der Waals surface area (Å²) in [6.07, 6.45) is 4.96. The van der Waals surface area contributed by atoms with Gasteiger partial charge in [0.2, 0.25) is 0 Å². The minimum atomic E-state index is -1.58. The normalized spacial score (nSPS) is 47.0. The number of carbonyl (C=O) groups excluding carboxylic acids is 3. The number of esters is 2. The lowest BCUT2D eigenvalue weighted by Crippen LogP contribution is -2.72. The number of hydrogen-bond donors (Lipinski definition) is 2. The molecule has 0 aromatic carbocycles. The Morgan fingerprint density at radius 1 is 1.24 bits per heavy atom. The molecule has 1 unspecified atom stereocenters. The van der Waals surface area contributed by atoms with Crippen LogP contribution < -0.4 is 0 Å². The Labute approximate surface area is 229 Å². The third kappa shape index (κ3) is 3.37. The van der Waals surface area contributed by atoms with Crippen LogP contribution in [0.15, 0.2) is 34.9 Å². The van der Waals surface area contributed by atoms with Gasteiger partial charge in [0.1, 0.15) is 17.8 Å². The molecule has 0 spiro atoms. The Bertz CT molecular complexity index is 1190. The molecule has 208 valence electrons. The third-order valence-electron chi connectivity index (χ3n) is 11.2. The Morgan fingerprint density at radius 2 is 1.92 bits per heavy atom.